The van der Waals surface area contributed by atoms with Crippen LogP contribution in [-0.2, 0) is 4.79 Å². The van der Waals surface area contributed by atoms with Crippen molar-refractivity contribution in [2.45, 2.75) is 38.1 Å². The summed E-state index contributed by atoms with van der Waals surface area (Å²) in [5, 5.41) is 8.94. The van der Waals surface area contributed by atoms with Gasteiger partial charge in [0.1, 0.15) is 0 Å². The maximum atomic E-state index is 10.9. The Morgan fingerprint density at radius 1 is 1.11 bits per heavy atom. The minimum atomic E-state index is -0.627. The predicted octanol–water partition coefficient (Wildman–Crippen LogP) is 1.27. The zero-order valence-electron chi connectivity index (χ0n) is 11.1. The van der Waals surface area contributed by atoms with E-state index in [1.807, 2.05) is 0 Å². The van der Waals surface area contributed by atoms with Crippen molar-refractivity contribution in [3.05, 3.63) is 0 Å². The molecule has 2 bridgehead atoms. The Morgan fingerprint density at radius 3 is 2.78 bits per heavy atom. The largest absolute Gasteiger partial charge is 0.481 e. The molecule has 4 unspecified atom stereocenters. The van der Waals surface area contributed by atoms with E-state index in [2.05, 4.69) is 9.80 Å². The summed E-state index contributed by atoms with van der Waals surface area (Å²) in [6, 6.07) is 0.736. The molecule has 4 heteroatoms. The average molecular weight is 252 g/mol. The van der Waals surface area contributed by atoms with Crippen molar-refractivity contribution in [2.75, 3.05) is 32.7 Å². The van der Waals surface area contributed by atoms with Crippen LogP contribution in [0.5, 0.6) is 0 Å². The molecular weight excluding hydrogens is 228 g/mol. The summed E-state index contributed by atoms with van der Waals surface area (Å²) in [5.74, 6) is 0.607. The van der Waals surface area contributed by atoms with Crippen molar-refractivity contribution in [1.82, 2.24) is 9.80 Å². The second-order valence-corrected chi connectivity index (χ2v) is 6.31. The second kappa shape index (κ2) is 5.17. The van der Waals surface area contributed by atoms with Crippen LogP contribution >= 0.6 is 0 Å². The molecule has 3 heterocycles. The number of carbonyl (C=O) groups is 1. The minimum absolute atomic E-state index is 0.361. The van der Waals surface area contributed by atoms with Crippen molar-refractivity contribution in [1.29, 1.82) is 0 Å². The molecule has 0 aliphatic carbocycles. The van der Waals surface area contributed by atoms with Gasteiger partial charge in [0, 0.05) is 25.6 Å². The van der Waals surface area contributed by atoms with E-state index in [4.69, 9.17) is 5.11 Å². The standard InChI is InChI=1S/C14H24N2O2/c17-14(18)8-11-2-1-5-16(9-11)13-4-7-15-6-3-12(13)10-15/h11-13H,1-10H2,(H,17,18). The van der Waals surface area contributed by atoms with E-state index < -0.39 is 5.97 Å². The van der Waals surface area contributed by atoms with Crippen molar-refractivity contribution in [3.63, 3.8) is 0 Å². The molecule has 0 radical (unpaired) electrons. The van der Waals surface area contributed by atoms with E-state index in [1.54, 1.807) is 0 Å². The first kappa shape index (κ1) is 12.4. The molecule has 3 aliphatic rings. The summed E-state index contributed by atoms with van der Waals surface area (Å²) in [5.41, 5.74) is 0. The van der Waals surface area contributed by atoms with Gasteiger partial charge in [-0.2, -0.15) is 0 Å². The van der Waals surface area contributed by atoms with E-state index in [0.717, 1.165) is 24.9 Å². The predicted molar refractivity (Wildman–Crippen MR) is 69.5 cm³/mol. The van der Waals surface area contributed by atoms with Crippen LogP contribution < -0.4 is 0 Å². The number of nitrogens with zero attached hydrogens (tertiary/aromatic N) is 2. The van der Waals surface area contributed by atoms with E-state index in [0.29, 0.717) is 12.3 Å². The van der Waals surface area contributed by atoms with Crippen LogP contribution in [0, 0.1) is 11.8 Å². The molecule has 0 aromatic heterocycles. The Bertz CT molecular complexity index is 321. The Morgan fingerprint density at radius 2 is 1.94 bits per heavy atom. The van der Waals surface area contributed by atoms with E-state index in [1.165, 1.54) is 45.4 Å². The van der Waals surface area contributed by atoms with Crippen LogP contribution in [0.3, 0.4) is 0 Å². The van der Waals surface area contributed by atoms with Gasteiger partial charge in [-0.25, -0.2) is 0 Å². The first-order chi connectivity index (χ1) is 8.72. The van der Waals surface area contributed by atoms with Crippen LogP contribution in [-0.4, -0.2) is 59.6 Å². The van der Waals surface area contributed by atoms with E-state index >= 15 is 0 Å². The first-order valence-electron chi connectivity index (χ1n) is 7.40. The third kappa shape index (κ3) is 2.54. The third-order valence-corrected chi connectivity index (χ3v) is 5.08. The van der Waals surface area contributed by atoms with Gasteiger partial charge in [0.15, 0.2) is 0 Å². The van der Waals surface area contributed by atoms with Crippen molar-refractivity contribution >= 4 is 5.97 Å². The summed E-state index contributed by atoms with van der Waals surface area (Å²) in [7, 11) is 0. The molecular formula is C14H24N2O2. The van der Waals surface area contributed by atoms with Gasteiger partial charge in [0.05, 0.1) is 0 Å². The minimum Gasteiger partial charge on any atom is -0.481 e. The summed E-state index contributed by atoms with van der Waals surface area (Å²) < 4.78 is 0. The molecule has 102 valence electrons. The number of rotatable bonds is 3. The molecule has 3 fully saturated rings. The maximum absolute atomic E-state index is 10.9. The van der Waals surface area contributed by atoms with Gasteiger partial charge in [-0.3, -0.25) is 9.69 Å². The highest BCUT2D eigenvalue weighted by Crippen LogP contribution is 2.33. The Labute approximate surface area is 109 Å². The third-order valence-electron chi connectivity index (χ3n) is 5.08. The van der Waals surface area contributed by atoms with Gasteiger partial charge >= 0.3 is 5.97 Å². The summed E-state index contributed by atoms with van der Waals surface area (Å²) >= 11 is 0. The van der Waals surface area contributed by atoms with Crippen molar-refractivity contribution < 1.29 is 9.90 Å². The SMILES string of the molecule is O=C(O)CC1CCCN(C2CCN3CCC2C3)C1. The Hall–Kier alpha value is -0.610. The summed E-state index contributed by atoms with van der Waals surface area (Å²) in [6.07, 6.45) is 5.30. The number of carboxylic acids is 1. The van der Waals surface area contributed by atoms with Crippen LogP contribution in [0.1, 0.15) is 32.1 Å². The van der Waals surface area contributed by atoms with E-state index in [9.17, 15) is 4.79 Å². The number of aliphatic carboxylic acids is 1. The topological polar surface area (TPSA) is 43.8 Å². The van der Waals surface area contributed by atoms with Gasteiger partial charge in [-0.05, 0) is 57.2 Å². The number of piperidine rings is 2. The van der Waals surface area contributed by atoms with Crippen LogP contribution in [0.25, 0.3) is 0 Å². The quantitative estimate of drug-likeness (QED) is 0.821. The molecule has 0 aromatic carbocycles. The highest BCUT2D eigenvalue weighted by molar-refractivity contribution is 5.67. The molecule has 4 nitrogen and oxygen atoms in total. The molecule has 0 amide bonds. The van der Waals surface area contributed by atoms with E-state index in [-0.39, 0.29) is 0 Å². The van der Waals surface area contributed by atoms with Gasteiger partial charge < -0.3 is 10.0 Å². The molecule has 4 atom stereocenters. The van der Waals surface area contributed by atoms with Gasteiger partial charge in [-0.15, -0.1) is 0 Å². The van der Waals surface area contributed by atoms with Crippen molar-refractivity contribution in [2.24, 2.45) is 11.8 Å². The number of carboxylic acid groups (broad SMARTS) is 1. The zero-order valence-corrected chi connectivity index (χ0v) is 11.1. The molecule has 18 heavy (non-hydrogen) atoms. The first-order valence-corrected chi connectivity index (χ1v) is 7.40. The Kier molecular flexibility index (Phi) is 3.57. The van der Waals surface area contributed by atoms with Crippen LogP contribution in [0.4, 0.5) is 0 Å². The monoisotopic (exact) mass is 252 g/mol. The highest BCUT2D eigenvalue weighted by Gasteiger charge is 2.38. The maximum Gasteiger partial charge on any atom is 0.303 e. The second-order valence-electron chi connectivity index (χ2n) is 6.31. The molecule has 0 saturated carbocycles. The molecule has 3 saturated heterocycles. The van der Waals surface area contributed by atoms with Gasteiger partial charge in [0.2, 0.25) is 0 Å². The summed E-state index contributed by atoms with van der Waals surface area (Å²) in [4.78, 5) is 16.1. The smallest absolute Gasteiger partial charge is 0.303 e. The molecule has 1 N–H and O–H groups in total. The molecule has 0 aromatic rings. The van der Waals surface area contributed by atoms with Crippen LogP contribution in [0.2, 0.25) is 0 Å². The number of hydrogen-bond donors (Lipinski definition) is 1. The lowest BCUT2D eigenvalue weighted by Crippen LogP contribution is -2.50. The van der Waals surface area contributed by atoms with Crippen LogP contribution in [0.15, 0.2) is 0 Å². The number of hydrogen-bond acceptors (Lipinski definition) is 3. The normalized spacial score (nSPS) is 40.9. The molecule has 3 rings (SSSR count). The lowest BCUT2D eigenvalue weighted by molar-refractivity contribution is -0.138. The lowest BCUT2D eigenvalue weighted by Gasteiger charge is -2.43. The fourth-order valence-electron chi connectivity index (χ4n) is 4.22. The zero-order chi connectivity index (χ0) is 12.5. The fourth-order valence-corrected chi connectivity index (χ4v) is 4.22. The lowest BCUT2D eigenvalue weighted by atomic mass is 9.88. The summed E-state index contributed by atoms with van der Waals surface area (Å²) in [6.45, 7) is 6.03. The number of likely N-dealkylation sites (tertiary alicyclic amines) is 1. The van der Waals surface area contributed by atoms with Gasteiger partial charge in [0.25, 0.3) is 0 Å². The molecule has 0 spiro atoms. The highest BCUT2D eigenvalue weighted by atomic mass is 16.4. The molecule has 3 aliphatic heterocycles. The number of fused-ring (bicyclic) bond motifs is 2. The Balaban J connectivity index is 1.59. The average Bonchev–Trinajstić information content (AvgIpc) is 2.71. The fraction of sp³-hybridized carbons (Fsp3) is 0.929. The van der Waals surface area contributed by atoms with Crippen molar-refractivity contribution in [3.8, 4) is 0 Å². The van der Waals surface area contributed by atoms with Gasteiger partial charge in [-0.1, -0.05) is 0 Å².